The quantitative estimate of drug-likeness (QED) is 0.262. The van der Waals surface area contributed by atoms with E-state index >= 15 is 0 Å². The van der Waals surface area contributed by atoms with Crippen LogP contribution in [0.25, 0.3) is 0 Å². The van der Waals surface area contributed by atoms with Gasteiger partial charge in [-0.3, -0.25) is 9.79 Å². The number of carbonyl (C=O) groups excluding carboxylic acids is 1. The summed E-state index contributed by atoms with van der Waals surface area (Å²) < 4.78 is 0. The minimum absolute atomic E-state index is 0. The molecule has 6 heteroatoms. The lowest BCUT2D eigenvalue weighted by Gasteiger charge is -2.11. The molecule has 0 unspecified atom stereocenters. The van der Waals surface area contributed by atoms with Crippen LogP contribution in [0, 0.1) is 0 Å². The Morgan fingerprint density at radius 1 is 1.09 bits per heavy atom. The van der Waals surface area contributed by atoms with E-state index < -0.39 is 0 Å². The summed E-state index contributed by atoms with van der Waals surface area (Å²) in [5, 5.41) is 9.06. The fourth-order valence-electron chi connectivity index (χ4n) is 1.82. The topological polar surface area (TPSA) is 65.5 Å². The zero-order chi connectivity index (χ0) is 15.3. The molecule has 1 aromatic carbocycles. The molecule has 0 aromatic heterocycles. The predicted octanol–water partition coefficient (Wildman–Crippen LogP) is 1.93. The van der Waals surface area contributed by atoms with E-state index in [0.717, 1.165) is 25.8 Å². The van der Waals surface area contributed by atoms with Gasteiger partial charge in [0.2, 0.25) is 5.91 Å². The summed E-state index contributed by atoms with van der Waals surface area (Å²) in [7, 11) is 1.70. The molecule has 0 saturated carbocycles. The van der Waals surface area contributed by atoms with Crippen molar-refractivity contribution in [3.8, 4) is 0 Å². The standard InChI is InChI=1S/C16H26N4O.HI/c1-3-4-11-19-16(17-2)20-13-15(21)18-12-10-14-8-6-5-7-9-14;/h5-9H,3-4,10-13H2,1-2H3,(H,18,21)(H2,17,19,20);1H. The molecule has 0 radical (unpaired) electrons. The second kappa shape index (κ2) is 13.4. The van der Waals surface area contributed by atoms with E-state index in [9.17, 15) is 4.79 Å². The molecule has 1 aromatic rings. The third kappa shape index (κ3) is 9.59. The van der Waals surface area contributed by atoms with Gasteiger partial charge in [-0.2, -0.15) is 0 Å². The van der Waals surface area contributed by atoms with E-state index in [4.69, 9.17) is 0 Å². The molecule has 0 bridgehead atoms. The highest BCUT2D eigenvalue weighted by molar-refractivity contribution is 14.0. The number of aliphatic imine (C=N–C) groups is 1. The number of carbonyl (C=O) groups is 1. The molecule has 0 fully saturated rings. The molecule has 0 saturated heterocycles. The fourth-order valence-corrected chi connectivity index (χ4v) is 1.82. The summed E-state index contributed by atoms with van der Waals surface area (Å²) in [5.41, 5.74) is 1.22. The molecule has 124 valence electrons. The number of hydrogen-bond acceptors (Lipinski definition) is 2. The first-order chi connectivity index (χ1) is 10.3. The summed E-state index contributed by atoms with van der Waals surface area (Å²) in [6.45, 7) is 3.89. The van der Waals surface area contributed by atoms with Gasteiger partial charge in [-0.25, -0.2) is 0 Å². The minimum Gasteiger partial charge on any atom is -0.356 e. The number of unbranched alkanes of at least 4 members (excludes halogenated alkanes) is 1. The first kappa shape index (κ1) is 20.7. The van der Waals surface area contributed by atoms with Gasteiger partial charge in [0.15, 0.2) is 5.96 Å². The van der Waals surface area contributed by atoms with Crippen LogP contribution in [0.15, 0.2) is 35.3 Å². The van der Waals surface area contributed by atoms with Crippen molar-refractivity contribution < 1.29 is 4.79 Å². The van der Waals surface area contributed by atoms with Crippen LogP contribution in [-0.4, -0.2) is 38.5 Å². The maximum Gasteiger partial charge on any atom is 0.239 e. The zero-order valence-electron chi connectivity index (χ0n) is 13.4. The molecule has 1 amide bonds. The van der Waals surface area contributed by atoms with E-state index in [0.29, 0.717) is 12.5 Å². The van der Waals surface area contributed by atoms with Crippen molar-refractivity contribution in [3.05, 3.63) is 35.9 Å². The van der Waals surface area contributed by atoms with Gasteiger partial charge in [0.05, 0.1) is 6.54 Å². The lowest BCUT2D eigenvalue weighted by molar-refractivity contribution is -0.119. The number of hydrogen-bond donors (Lipinski definition) is 3. The minimum atomic E-state index is -0.0237. The average Bonchev–Trinajstić information content (AvgIpc) is 2.52. The van der Waals surface area contributed by atoms with Gasteiger partial charge in [0.1, 0.15) is 0 Å². The van der Waals surface area contributed by atoms with Crippen molar-refractivity contribution in [3.63, 3.8) is 0 Å². The summed E-state index contributed by atoms with van der Waals surface area (Å²) in [4.78, 5) is 15.8. The van der Waals surface area contributed by atoms with Crippen LogP contribution >= 0.6 is 24.0 Å². The van der Waals surface area contributed by atoms with E-state index in [-0.39, 0.29) is 36.4 Å². The van der Waals surface area contributed by atoms with E-state index in [2.05, 4.69) is 40.0 Å². The third-order valence-corrected chi connectivity index (χ3v) is 3.04. The molecule has 1 rings (SSSR count). The molecular weight excluding hydrogens is 391 g/mol. The van der Waals surface area contributed by atoms with E-state index in [1.165, 1.54) is 5.56 Å². The Hall–Kier alpha value is -1.31. The van der Waals surface area contributed by atoms with Gasteiger partial charge in [-0.05, 0) is 18.4 Å². The van der Waals surface area contributed by atoms with E-state index in [1.54, 1.807) is 7.05 Å². The lowest BCUT2D eigenvalue weighted by atomic mass is 10.1. The number of nitrogens with zero attached hydrogens (tertiary/aromatic N) is 1. The SMILES string of the molecule is CCCCNC(=NC)NCC(=O)NCCc1ccccc1.I. The number of rotatable bonds is 8. The smallest absolute Gasteiger partial charge is 0.239 e. The summed E-state index contributed by atoms with van der Waals surface area (Å²) in [5.74, 6) is 0.644. The summed E-state index contributed by atoms with van der Waals surface area (Å²) in [6.07, 6.45) is 3.06. The molecule has 22 heavy (non-hydrogen) atoms. The Morgan fingerprint density at radius 3 is 2.45 bits per heavy atom. The van der Waals surface area contributed by atoms with Crippen molar-refractivity contribution in [1.82, 2.24) is 16.0 Å². The number of amides is 1. The van der Waals surface area contributed by atoms with Crippen LogP contribution in [-0.2, 0) is 11.2 Å². The van der Waals surface area contributed by atoms with Crippen LogP contribution in [0.4, 0.5) is 0 Å². The highest BCUT2D eigenvalue weighted by atomic mass is 127. The molecule has 0 atom stereocenters. The molecule has 0 aliphatic heterocycles. The second-order valence-corrected chi connectivity index (χ2v) is 4.79. The first-order valence-electron chi connectivity index (χ1n) is 7.51. The van der Waals surface area contributed by atoms with Gasteiger partial charge >= 0.3 is 0 Å². The summed E-state index contributed by atoms with van der Waals surface area (Å²) in [6, 6.07) is 10.1. The molecule has 0 aliphatic carbocycles. The van der Waals surface area contributed by atoms with Crippen molar-refractivity contribution in [1.29, 1.82) is 0 Å². The van der Waals surface area contributed by atoms with Crippen molar-refractivity contribution in [2.24, 2.45) is 4.99 Å². The summed E-state index contributed by atoms with van der Waals surface area (Å²) >= 11 is 0. The Kier molecular flexibility index (Phi) is 12.6. The second-order valence-electron chi connectivity index (χ2n) is 4.79. The molecule has 0 heterocycles. The largest absolute Gasteiger partial charge is 0.356 e. The number of guanidine groups is 1. The zero-order valence-corrected chi connectivity index (χ0v) is 15.7. The van der Waals surface area contributed by atoms with E-state index in [1.807, 2.05) is 18.2 Å². The Morgan fingerprint density at radius 2 is 1.82 bits per heavy atom. The Bertz CT molecular complexity index is 437. The molecule has 0 spiro atoms. The number of nitrogens with one attached hydrogen (secondary N) is 3. The lowest BCUT2D eigenvalue weighted by Crippen LogP contribution is -2.43. The molecule has 0 aliphatic rings. The van der Waals surface area contributed by atoms with Crippen molar-refractivity contribution in [2.45, 2.75) is 26.2 Å². The molecule has 3 N–H and O–H groups in total. The fraction of sp³-hybridized carbons (Fsp3) is 0.500. The molecule has 5 nitrogen and oxygen atoms in total. The van der Waals surface area contributed by atoms with Gasteiger partial charge in [0.25, 0.3) is 0 Å². The maximum absolute atomic E-state index is 11.7. The van der Waals surface area contributed by atoms with Gasteiger partial charge in [-0.15, -0.1) is 24.0 Å². The third-order valence-electron chi connectivity index (χ3n) is 3.04. The highest BCUT2D eigenvalue weighted by Crippen LogP contribution is 1.97. The Labute approximate surface area is 150 Å². The number of benzene rings is 1. The highest BCUT2D eigenvalue weighted by Gasteiger charge is 2.02. The van der Waals surface area contributed by atoms with Crippen molar-refractivity contribution >= 4 is 35.8 Å². The maximum atomic E-state index is 11.7. The average molecular weight is 418 g/mol. The van der Waals surface area contributed by atoms with Crippen LogP contribution in [0.3, 0.4) is 0 Å². The van der Waals surface area contributed by atoms with Crippen molar-refractivity contribution in [2.75, 3.05) is 26.7 Å². The Balaban J connectivity index is 0.00000441. The number of halogens is 1. The monoisotopic (exact) mass is 418 g/mol. The van der Waals surface area contributed by atoms with Gasteiger partial charge in [0, 0.05) is 20.1 Å². The van der Waals surface area contributed by atoms with Crippen LogP contribution in [0.1, 0.15) is 25.3 Å². The van der Waals surface area contributed by atoms with Crippen LogP contribution < -0.4 is 16.0 Å². The normalized spacial score (nSPS) is 10.5. The first-order valence-corrected chi connectivity index (χ1v) is 7.51. The van der Waals surface area contributed by atoms with Crippen LogP contribution in [0.5, 0.6) is 0 Å². The van der Waals surface area contributed by atoms with Gasteiger partial charge in [-0.1, -0.05) is 43.7 Å². The predicted molar refractivity (Wildman–Crippen MR) is 103 cm³/mol. The van der Waals surface area contributed by atoms with Crippen LogP contribution in [0.2, 0.25) is 0 Å². The molecular formula is C16H27IN4O. The van der Waals surface area contributed by atoms with Gasteiger partial charge < -0.3 is 16.0 Å².